The minimum atomic E-state index is 0.0393. The first kappa shape index (κ1) is 14.3. The highest BCUT2D eigenvalue weighted by molar-refractivity contribution is 5.80. The molecule has 0 bridgehead atoms. The largest absolute Gasteiger partial charge is 0.378 e. The summed E-state index contributed by atoms with van der Waals surface area (Å²) in [6, 6.07) is 0. The second-order valence-electron chi connectivity index (χ2n) is 5.11. The standard InChI is InChI=1S/C13H23N3O3/c1-2-14-13(18)11-3-4-15(9-11)10-12(17)16-5-7-19-8-6-16/h11H,2-10H2,1H3,(H,14,18). The van der Waals surface area contributed by atoms with Crippen LogP contribution in [0.5, 0.6) is 0 Å². The maximum Gasteiger partial charge on any atom is 0.236 e. The van der Waals surface area contributed by atoms with Crippen LogP contribution < -0.4 is 5.32 Å². The number of carbonyl (C=O) groups is 2. The summed E-state index contributed by atoms with van der Waals surface area (Å²) in [6.07, 6.45) is 0.849. The van der Waals surface area contributed by atoms with Crippen LogP contribution in [0.4, 0.5) is 0 Å². The Morgan fingerprint density at radius 2 is 2.00 bits per heavy atom. The fourth-order valence-electron chi connectivity index (χ4n) is 2.61. The Hall–Kier alpha value is -1.14. The lowest BCUT2D eigenvalue weighted by atomic mass is 10.1. The molecule has 0 saturated carbocycles. The Morgan fingerprint density at radius 1 is 1.26 bits per heavy atom. The van der Waals surface area contributed by atoms with Gasteiger partial charge in [-0.3, -0.25) is 14.5 Å². The van der Waals surface area contributed by atoms with Crippen molar-refractivity contribution in [2.75, 3.05) is 52.5 Å². The third-order valence-corrected chi connectivity index (χ3v) is 3.72. The minimum absolute atomic E-state index is 0.0393. The van der Waals surface area contributed by atoms with Crippen LogP contribution in [0.3, 0.4) is 0 Å². The van der Waals surface area contributed by atoms with Crippen molar-refractivity contribution in [3.05, 3.63) is 0 Å². The van der Waals surface area contributed by atoms with Crippen LogP contribution in [0.25, 0.3) is 0 Å². The van der Waals surface area contributed by atoms with Gasteiger partial charge in [-0.25, -0.2) is 0 Å². The first-order valence-electron chi connectivity index (χ1n) is 7.06. The Kier molecular flexibility index (Phi) is 5.15. The van der Waals surface area contributed by atoms with Gasteiger partial charge in [0, 0.05) is 26.2 Å². The molecule has 108 valence electrons. The molecule has 2 fully saturated rings. The summed E-state index contributed by atoms with van der Waals surface area (Å²) in [5.74, 6) is 0.307. The van der Waals surface area contributed by atoms with Gasteiger partial charge < -0.3 is 15.0 Å². The molecule has 2 rings (SSSR count). The van der Waals surface area contributed by atoms with E-state index in [4.69, 9.17) is 4.74 Å². The molecular weight excluding hydrogens is 246 g/mol. The van der Waals surface area contributed by atoms with Gasteiger partial charge in [-0.05, 0) is 19.9 Å². The van der Waals surface area contributed by atoms with Crippen LogP contribution in [0, 0.1) is 5.92 Å². The maximum atomic E-state index is 12.1. The van der Waals surface area contributed by atoms with Crippen molar-refractivity contribution < 1.29 is 14.3 Å². The summed E-state index contributed by atoms with van der Waals surface area (Å²) in [4.78, 5) is 27.7. The van der Waals surface area contributed by atoms with E-state index in [2.05, 4.69) is 10.2 Å². The van der Waals surface area contributed by atoms with E-state index < -0.39 is 0 Å². The first-order chi connectivity index (χ1) is 9.20. The van der Waals surface area contributed by atoms with E-state index in [1.807, 2.05) is 11.8 Å². The third kappa shape index (κ3) is 3.91. The zero-order chi connectivity index (χ0) is 13.7. The highest BCUT2D eigenvalue weighted by atomic mass is 16.5. The molecule has 0 radical (unpaired) electrons. The quantitative estimate of drug-likeness (QED) is 0.733. The zero-order valence-electron chi connectivity index (χ0n) is 11.6. The van der Waals surface area contributed by atoms with E-state index in [9.17, 15) is 9.59 Å². The average molecular weight is 269 g/mol. The second kappa shape index (κ2) is 6.86. The molecule has 2 aliphatic rings. The molecule has 2 saturated heterocycles. The van der Waals surface area contributed by atoms with E-state index in [0.29, 0.717) is 45.9 Å². The zero-order valence-corrected chi connectivity index (χ0v) is 11.6. The highest BCUT2D eigenvalue weighted by Crippen LogP contribution is 2.16. The molecule has 1 atom stereocenters. The number of amides is 2. The Balaban J connectivity index is 1.75. The van der Waals surface area contributed by atoms with Crippen LogP contribution in [0.2, 0.25) is 0 Å². The SMILES string of the molecule is CCNC(=O)C1CCN(CC(=O)N2CCOCC2)C1. The van der Waals surface area contributed by atoms with Crippen molar-refractivity contribution in [2.24, 2.45) is 5.92 Å². The molecule has 0 aliphatic carbocycles. The van der Waals surface area contributed by atoms with Crippen molar-refractivity contribution in [3.8, 4) is 0 Å². The number of hydrogen-bond donors (Lipinski definition) is 1. The number of morpholine rings is 1. The molecule has 1 unspecified atom stereocenters. The van der Waals surface area contributed by atoms with Crippen LogP contribution in [0.15, 0.2) is 0 Å². The van der Waals surface area contributed by atoms with E-state index in [0.717, 1.165) is 13.0 Å². The summed E-state index contributed by atoms with van der Waals surface area (Å²) >= 11 is 0. The van der Waals surface area contributed by atoms with Gasteiger partial charge in [0.05, 0.1) is 25.7 Å². The first-order valence-corrected chi connectivity index (χ1v) is 7.06. The second-order valence-corrected chi connectivity index (χ2v) is 5.11. The van der Waals surface area contributed by atoms with Crippen molar-refractivity contribution >= 4 is 11.8 Å². The van der Waals surface area contributed by atoms with Gasteiger partial charge in [-0.2, -0.15) is 0 Å². The molecule has 19 heavy (non-hydrogen) atoms. The summed E-state index contributed by atoms with van der Waals surface area (Å²) in [5, 5.41) is 2.85. The summed E-state index contributed by atoms with van der Waals surface area (Å²) in [7, 11) is 0. The summed E-state index contributed by atoms with van der Waals surface area (Å²) < 4.78 is 5.23. The monoisotopic (exact) mass is 269 g/mol. The number of rotatable bonds is 4. The number of nitrogens with zero attached hydrogens (tertiary/aromatic N) is 2. The minimum Gasteiger partial charge on any atom is -0.378 e. The number of ether oxygens (including phenoxy) is 1. The summed E-state index contributed by atoms with van der Waals surface area (Å²) in [6.45, 7) is 7.18. The predicted octanol–water partition coefficient (Wildman–Crippen LogP) is -0.697. The van der Waals surface area contributed by atoms with Crippen molar-refractivity contribution in [1.29, 1.82) is 0 Å². The maximum absolute atomic E-state index is 12.1. The van der Waals surface area contributed by atoms with Gasteiger partial charge >= 0.3 is 0 Å². The number of carbonyl (C=O) groups excluding carboxylic acids is 2. The topological polar surface area (TPSA) is 61.9 Å². The van der Waals surface area contributed by atoms with E-state index >= 15 is 0 Å². The van der Waals surface area contributed by atoms with E-state index in [1.54, 1.807) is 0 Å². The molecule has 0 spiro atoms. The fourth-order valence-corrected chi connectivity index (χ4v) is 2.61. The van der Waals surface area contributed by atoms with Crippen LogP contribution >= 0.6 is 0 Å². The van der Waals surface area contributed by atoms with Gasteiger partial charge in [-0.15, -0.1) is 0 Å². The van der Waals surface area contributed by atoms with E-state index in [1.165, 1.54) is 0 Å². The molecule has 0 aromatic carbocycles. The Labute approximate surface area is 114 Å². The molecule has 1 N–H and O–H groups in total. The van der Waals surface area contributed by atoms with Gasteiger partial charge in [-0.1, -0.05) is 0 Å². The van der Waals surface area contributed by atoms with Crippen molar-refractivity contribution in [2.45, 2.75) is 13.3 Å². The number of nitrogens with one attached hydrogen (secondary N) is 1. The van der Waals surface area contributed by atoms with Gasteiger partial charge in [0.2, 0.25) is 11.8 Å². The smallest absolute Gasteiger partial charge is 0.236 e. The molecule has 6 heteroatoms. The Bertz CT molecular complexity index is 329. The molecule has 0 aromatic rings. The van der Waals surface area contributed by atoms with Gasteiger partial charge in [0.15, 0.2) is 0 Å². The highest BCUT2D eigenvalue weighted by Gasteiger charge is 2.30. The lowest BCUT2D eigenvalue weighted by Crippen LogP contribution is -2.45. The Morgan fingerprint density at radius 3 is 2.68 bits per heavy atom. The molecule has 6 nitrogen and oxygen atoms in total. The number of likely N-dealkylation sites (tertiary alicyclic amines) is 1. The lowest BCUT2D eigenvalue weighted by Gasteiger charge is -2.28. The molecule has 2 amide bonds. The predicted molar refractivity (Wildman–Crippen MR) is 70.6 cm³/mol. The van der Waals surface area contributed by atoms with Crippen LogP contribution in [0.1, 0.15) is 13.3 Å². The van der Waals surface area contributed by atoms with Crippen LogP contribution in [-0.2, 0) is 14.3 Å². The molecule has 2 aliphatic heterocycles. The average Bonchev–Trinajstić information content (AvgIpc) is 2.88. The van der Waals surface area contributed by atoms with Crippen molar-refractivity contribution in [3.63, 3.8) is 0 Å². The van der Waals surface area contributed by atoms with Gasteiger partial charge in [0.1, 0.15) is 0 Å². The molecule has 0 aromatic heterocycles. The molecule has 2 heterocycles. The normalized spacial score (nSPS) is 24.5. The van der Waals surface area contributed by atoms with Crippen molar-refractivity contribution in [1.82, 2.24) is 15.1 Å². The number of hydrogen-bond acceptors (Lipinski definition) is 4. The lowest BCUT2D eigenvalue weighted by molar-refractivity contribution is -0.136. The summed E-state index contributed by atoms with van der Waals surface area (Å²) in [5.41, 5.74) is 0. The third-order valence-electron chi connectivity index (χ3n) is 3.72. The van der Waals surface area contributed by atoms with Crippen LogP contribution in [-0.4, -0.2) is 74.1 Å². The van der Waals surface area contributed by atoms with E-state index in [-0.39, 0.29) is 17.7 Å². The fraction of sp³-hybridized carbons (Fsp3) is 0.846. The molecular formula is C13H23N3O3. The van der Waals surface area contributed by atoms with Gasteiger partial charge in [0.25, 0.3) is 0 Å².